The van der Waals surface area contributed by atoms with Crippen molar-refractivity contribution in [1.29, 1.82) is 0 Å². The lowest BCUT2D eigenvalue weighted by atomic mass is 9.92. The fraction of sp³-hybridized carbons (Fsp3) is 0.0333. The summed E-state index contributed by atoms with van der Waals surface area (Å²) < 4.78 is 1.94. The van der Waals surface area contributed by atoms with Crippen molar-refractivity contribution in [1.82, 2.24) is 4.40 Å². The maximum Gasteiger partial charge on any atom is 0.263 e. The van der Waals surface area contributed by atoms with E-state index in [1.807, 2.05) is 46.9 Å². The van der Waals surface area contributed by atoms with Crippen LogP contribution < -0.4 is 5.56 Å². The van der Waals surface area contributed by atoms with E-state index in [0.717, 1.165) is 49.6 Å². The highest BCUT2D eigenvalue weighted by Crippen LogP contribution is 2.39. The first-order chi connectivity index (χ1) is 15.8. The van der Waals surface area contributed by atoms with Gasteiger partial charge in [0.1, 0.15) is 0 Å². The van der Waals surface area contributed by atoms with Gasteiger partial charge in [-0.15, -0.1) is 0 Å². The average molecular weight is 412 g/mol. The minimum atomic E-state index is 0.0167. The Morgan fingerprint density at radius 2 is 1.03 bits per heavy atom. The van der Waals surface area contributed by atoms with E-state index in [9.17, 15) is 4.79 Å². The highest BCUT2D eigenvalue weighted by atomic mass is 16.1. The van der Waals surface area contributed by atoms with Crippen LogP contribution in [0.15, 0.2) is 114 Å². The number of rotatable bonds is 2. The normalized spacial score (nSPS) is 11.4. The molecule has 0 fully saturated rings. The summed E-state index contributed by atoms with van der Waals surface area (Å²) in [5.74, 6) is 0. The summed E-state index contributed by atoms with van der Waals surface area (Å²) in [7, 11) is 0. The van der Waals surface area contributed by atoms with Crippen molar-refractivity contribution in [3.05, 3.63) is 125 Å². The van der Waals surface area contributed by atoms with E-state index < -0.39 is 0 Å². The Kier molecular flexibility index (Phi) is 4.19. The zero-order chi connectivity index (χ0) is 21.7. The van der Waals surface area contributed by atoms with Gasteiger partial charge in [-0.3, -0.25) is 9.20 Å². The molecule has 0 saturated heterocycles. The molecule has 6 aromatic rings. The highest BCUT2D eigenvalue weighted by Gasteiger charge is 2.20. The molecule has 0 N–H and O–H groups in total. The van der Waals surface area contributed by atoms with Crippen LogP contribution in [0.2, 0.25) is 0 Å². The van der Waals surface area contributed by atoms with Gasteiger partial charge in [0, 0.05) is 16.3 Å². The molecule has 2 heteroatoms. The molecule has 2 heterocycles. The number of pyridine rings is 2. The summed E-state index contributed by atoms with van der Waals surface area (Å²) in [4.78, 5) is 14.0. The van der Waals surface area contributed by atoms with E-state index in [1.165, 1.54) is 5.39 Å². The van der Waals surface area contributed by atoms with Crippen molar-refractivity contribution < 1.29 is 0 Å². The van der Waals surface area contributed by atoms with Crippen LogP contribution in [0.25, 0.3) is 49.4 Å². The molecule has 4 aromatic carbocycles. The predicted molar refractivity (Wildman–Crippen MR) is 134 cm³/mol. The van der Waals surface area contributed by atoms with Gasteiger partial charge in [0.15, 0.2) is 0 Å². The van der Waals surface area contributed by atoms with Gasteiger partial charge < -0.3 is 0 Å². The molecule has 0 aliphatic carbocycles. The Labute approximate surface area is 186 Å². The maximum atomic E-state index is 14.0. The number of nitrogens with zero attached hydrogens (tertiary/aromatic N) is 1. The maximum absolute atomic E-state index is 14.0. The van der Waals surface area contributed by atoms with Gasteiger partial charge in [-0.05, 0) is 40.5 Å². The van der Waals surface area contributed by atoms with Crippen molar-refractivity contribution in [3.8, 4) is 22.4 Å². The number of fused-ring (bicyclic) bond motifs is 4. The second kappa shape index (κ2) is 7.21. The first kappa shape index (κ1) is 18.6. The molecule has 6 rings (SSSR count). The third kappa shape index (κ3) is 2.63. The first-order valence-electron chi connectivity index (χ1n) is 10.9. The van der Waals surface area contributed by atoms with E-state index in [4.69, 9.17) is 0 Å². The van der Waals surface area contributed by atoms with E-state index in [0.29, 0.717) is 0 Å². The van der Waals surface area contributed by atoms with Crippen molar-refractivity contribution >= 4 is 27.1 Å². The summed E-state index contributed by atoms with van der Waals surface area (Å²) in [6, 6.07) is 37.0. The molecule has 0 saturated carbocycles. The molecule has 152 valence electrons. The molecule has 2 aromatic heterocycles. The lowest BCUT2D eigenvalue weighted by molar-refractivity contribution is 1.12. The third-order valence-electron chi connectivity index (χ3n) is 6.37. The molecular weight excluding hydrogens is 390 g/mol. The van der Waals surface area contributed by atoms with Gasteiger partial charge >= 0.3 is 0 Å². The van der Waals surface area contributed by atoms with Gasteiger partial charge in [-0.1, -0.05) is 103 Å². The van der Waals surface area contributed by atoms with Crippen LogP contribution in [-0.4, -0.2) is 4.40 Å². The van der Waals surface area contributed by atoms with E-state index in [1.54, 1.807) is 0 Å². The number of hydrogen-bond acceptors (Lipinski definition) is 1. The van der Waals surface area contributed by atoms with E-state index in [2.05, 4.69) is 73.7 Å². The van der Waals surface area contributed by atoms with E-state index in [-0.39, 0.29) is 5.56 Å². The Morgan fingerprint density at radius 1 is 0.531 bits per heavy atom. The van der Waals surface area contributed by atoms with Crippen molar-refractivity contribution in [3.63, 3.8) is 0 Å². The third-order valence-corrected chi connectivity index (χ3v) is 6.37. The van der Waals surface area contributed by atoms with Crippen molar-refractivity contribution in [2.45, 2.75) is 6.92 Å². The van der Waals surface area contributed by atoms with Gasteiger partial charge in [0.2, 0.25) is 0 Å². The number of aryl methyl sites for hydroxylation is 1. The van der Waals surface area contributed by atoms with Crippen molar-refractivity contribution in [2.75, 3.05) is 0 Å². The standard InChI is InChI=1S/C30H21NO/c1-20-23-16-8-10-18-25(23)29-27(21-12-4-2-5-13-21)24-17-9-11-19-26(24)30(32)31(29)28(20)22-14-6-3-7-15-22/h2-19H,1H3. The van der Waals surface area contributed by atoms with Crippen LogP contribution in [-0.2, 0) is 0 Å². The smallest absolute Gasteiger partial charge is 0.263 e. The molecule has 0 amide bonds. The monoisotopic (exact) mass is 411 g/mol. The molecule has 0 unspecified atom stereocenters. The average Bonchev–Trinajstić information content (AvgIpc) is 2.86. The second-order valence-corrected chi connectivity index (χ2v) is 8.16. The molecule has 0 aliphatic heterocycles. The van der Waals surface area contributed by atoms with Crippen LogP contribution in [0.4, 0.5) is 0 Å². The Morgan fingerprint density at radius 3 is 1.69 bits per heavy atom. The molecule has 32 heavy (non-hydrogen) atoms. The Hall–Kier alpha value is -4.17. The molecular formula is C30H21NO. The molecule has 0 spiro atoms. The van der Waals surface area contributed by atoms with Gasteiger partial charge in [-0.2, -0.15) is 0 Å². The Bertz CT molecular complexity index is 1680. The van der Waals surface area contributed by atoms with Crippen LogP contribution in [0.5, 0.6) is 0 Å². The van der Waals surface area contributed by atoms with Crippen LogP contribution in [0, 0.1) is 6.92 Å². The quantitative estimate of drug-likeness (QED) is 0.217. The minimum Gasteiger partial charge on any atom is -0.275 e. The molecule has 0 bridgehead atoms. The summed E-state index contributed by atoms with van der Waals surface area (Å²) in [5.41, 5.74) is 6.27. The lowest BCUT2D eigenvalue weighted by Gasteiger charge is -2.21. The summed E-state index contributed by atoms with van der Waals surface area (Å²) in [6.45, 7) is 2.12. The zero-order valence-electron chi connectivity index (χ0n) is 17.7. The highest BCUT2D eigenvalue weighted by molar-refractivity contribution is 6.14. The van der Waals surface area contributed by atoms with Crippen LogP contribution in [0.1, 0.15) is 5.56 Å². The molecule has 0 radical (unpaired) electrons. The lowest BCUT2D eigenvalue weighted by Crippen LogP contribution is -2.18. The van der Waals surface area contributed by atoms with Crippen LogP contribution in [0.3, 0.4) is 0 Å². The fourth-order valence-electron chi connectivity index (χ4n) is 4.97. The van der Waals surface area contributed by atoms with E-state index >= 15 is 0 Å². The van der Waals surface area contributed by atoms with Gasteiger partial charge in [0.05, 0.1) is 11.2 Å². The minimum absolute atomic E-state index is 0.0167. The van der Waals surface area contributed by atoms with Gasteiger partial charge in [-0.25, -0.2) is 0 Å². The van der Waals surface area contributed by atoms with Gasteiger partial charge in [0.25, 0.3) is 5.56 Å². The molecule has 2 nitrogen and oxygen atoms in total. The molecule has 0 aliphatic rings. The summed E-state index contributed by atoms with van der Waals surface area (Å²) in [5, 5.41) is 3.97. The predicted octanol–water partition coefficient (Wildman–Crippen LogP) is 7.25. The SMILES string of the molecule is Cc1c(-c2ccccc2)n2c(=O)c3ccccc3c(-c3ccccc3)c2c2ccccc12. The fourth-order valence-corrected chi connectivity index (χ4v) is 4.97. The zero-order valence-corrected chi connectivity index (χ0v) is 17.7. The van der Waals surface area contributed by atoms with Crippen LogP contribution >= 0.6 is 0 Å². The van der Waals surface area contributed by atoms with Crippen molar-refractivity contribution in [2.24, 2.45) is 0 Å². The number of hydrogen-bond donors (Lipinski definition) is 0. The Balaban J connectivity index is 2.00. The number of aromatic nitrogens is 1. The summed E-state index contributed by atoms with van der Waals surface area (Å²) >= 11 is 0. The topological polar surface area (TPSA) is 21.5 Å². The summed E-state index contributed by atoms with van der Waals surface area (Å²) in [6.07, 6.45) is 0. The largest absolute Gasteiger partial charge is 0.275 e. The second-order valence-electron chi connectivity index (χ2n) is 8.16. The molecule has 0 atom stereocenters. The number of benzene rings is 4. The first-order valence-corrected chi connectivity index (χ1v) is 10.9.